The minimum atomic E-state index is -0.511. The van der Waals surface area contributed by atoms with Crippen LogP contribution in [0, 0.1) is 0 Å². The van der Waals surface area contributed by atoms with Gasteiger partial charge in [-0.3, -0.25) is 9.59 Å². The van der Waals surface area contributed by atoms with Crippen LogP contribution in [0.2, 0.25) is 0 Å². The van der Waals surface area contributed by atoms with Crippen LogP contribution in [0.4, 0.5) is 5.69 Å². The second-order valence-electron chi connectivity index (χ2n) is 3.89. The van der Waals surface area contributed by atoms with Crippen LogP contribution in [0.3, 0.4) is 0 Å². The first-order chi connectivity index (χ1) is 9.06. The number of nitrogens with one attached hydrogen (secondary N) is 1. The molecule has 0 bridgehead atoms. The van der Waals surface area contributed by atoms with Gasteiger partial charge in [0, 0.05) is 18.3 Å². The van der Waals surface area contributed by atoms with Crippen molar-refractivity contribution in [3.63, 3.8) is 0 Å². The normalized spacial score (nSPS) is 10.2. The van der Waals surface area contributed by atoms with Gasteiger partial charge in [0.05, 0.1) is 6.42 Å². The number of aromatic nitrogens is 4. The van der Waals surface area contributed by atoms with Gasteiger partial charge in [0.2, 0.25) is 11.8 Å². The molecule has 2 rings (SSSR count). The van der Waals surface area contributed by atoms with Crippen molar-refractivity contribution in [1.29, 1.82) is 0 Å². The van der Waals surface area contributed by atoms with E-state index in [0.29, 0.717) is 17.1 Å². The lowest BCUT2D eigenvalue weighted by Crippen LogP contribution is -2.17. The third-order valence-electron chi connectivity index (χ3n) is 2.48. The molecule has 0 aliphatic carbocycles. The topological polar surface area (TPSA) is 116 Å². The highest BCUT2D eigenvalue weighted by Crippen LogP contribution is 2.09. The number of hydrogen-bond acceptors (Lipinski definition) is 5. The Labute approximate surface area is 108 Å². The van der Waals surface area contributed by atoms with Crippen molar-refractivity contribution in [3.05, 3.63) is 35.7 Å². The maximum atomic E-state index is 11.7. The highest BCUT2D eigenvalue weighted by Gasteiger charge is 2.09. The van der Waals surface area contributed by atoms with Gasteiger partial charge >= 0.3 is 0 Å². The Morgan fingerprint density at radius 1 is 1.32 bits per heavy atom. The van der Waals surface area contributed by atoms with Crippen LogP contribution in [0.5, 0.6) is 0 Å². The largest absolute Gasteiger partial charge is 0.366 e. The molecule has 0 unspecified atom stereocenters. The van der Waals surface area contributed by atoms with Crippen LogP contribution >= 0.6 is 0 Å². The van der Waals surface area contributed by atoms with Crippen molar-refractivity contribution in [3.8, 4) is 0 Å². The van der Waals surface area contributed by atoms with E-state index in [1.165, 1.54) is 4.68 Å². The lowest BCUT2D eigenvalue weighted by Gasteiger charge is -2.04. The number of nitrogens with two attached hydrogens (primary N) is 1. The van der Waals surface area contributed by atoms with Gasteiger partial charge < -0.3 is 11.1 Å². The van der Waals surface area contributed by atoms with Crippen molar-refractivity contribution < 1.29 is 9.59 Å². The Morgan fingerprint density at radius 3 is 2.53 bits per heavy atom. The molecule has 0 aliphatic rings. The third-order valence-corrected chi connectivity index (χ3v) is 2.48. The number of carbonyl (C=O) groups excluding carboxylic acids is 2. The van der Waals surface area contributed by atoms with Gasteiger partial charge in [-0.1, -0.05) is 0 Å². The Bertz CT molecular complexity index is 604. The maximum Gasteiger partial charge on any atom is 0.248 e. The molecule has 0 atom stereocenters. The fourth-order valence-corrected chi connectivity index (χ4v) is 1.46. The lowest BCUT2D eigenvalue weighted by molar-refractivity contribution is -0.115. The van der Waals surface area contributed by atoms with E-state index in [4.69, 9.17) is 5.73 Å². The number of hydrogen-bond donors (Lipinski definition) is 2. The summed E-state index contributed by atoms with van der Waals surface area (Å²) in [6.07, 6.45) is 0.0705. The molecule has 2 aromatic rings. The van der Waals surface area contributed by atoms with E-state index in [9.17, 15) is 9.59 Å². The van der Waals surface area contributed by atoms with Crippen LogP contribution < -0.4 is 11.1 Å². The highest BCUT2D eigenvalue weighted by molar-refractivity contribution is 5.95. The summed E-state index contributed by atoms with van der Waals surface area (Å²) in [5.74, 6) is -0.293. The van der Waals surface area contributed by atoms with Crippen LogP contribution in [-0.2, 0) is 18.3 Å². The van der Waals surface area contributed by atoms with Crippen LogP contribution in [0.15, 0.2) is 24.3 Å². The fraction of sp³-hybridized carbons (Fsp3) is 0.182. The van der Waals surface area contributed by atoms with E-state index in [1.54, 1.807) is 31.3 Å². The lowest BCUT2D eigenvalue weighted by atomic mass is 10.2. The summed E-state index contributed by atoms with van der Waals surface area (Å²) in [6, 6.07) is 6.30. The molecule has 0 radical (unpaired) electrons. The zero-order valence-corrected chi connectivity index (χ0v) is 10.2. The average molecular weight is 260 g/mol. The molecule has 8 nitrogen and oxygen atoms in total. The standard InChI is InChI=1S/C11H12N6O2/c1-17-9(14-15-16-17)6-10(18)13-8-4-2-7(3-5-8)11(12)19/h2-5H,6H2,1H3,(H2,12,19)(H,13,18). The summed E-state index contributed by atoms with van der Waals surface area (Å²) in [7, 11) is 1.66. The number of tetrazole rings is 1. The van der Waals surface area contributed by atoms with Crippen LogP contribution in [0.1, 0.15) is 16.2 Å². The summed E-state index contributed by atoms with van der Waals surface area (Å²) in [6.45, 7) is 0. The third kappa shape index (κ3) is 3.12. The summed E-state index contributed by atoms with van der Waals surface area (Å²) < 4.78 is 1.43. The highest BCUT2D eigenvalue weighted by atomic mass is 16.2. The molecule has 0 saturated carbocycles. The zero-order valence-electron chi connectivity index (χ0n) is 10.2. The van der Waals surface area contributed by atoms with Gasteiger partial charge in [0.1, 0.15) is 0 Å². The molecule has 8 heteroatoms. The Morgan fingerprint density at radius 2 is 2.00 bits per heavy atom. The summed E-state index contributed by atoms with van der Waals surface area (Å²) in [5, 5.41) is 13.5. The van der Waals surface area contributed by atoms with Crippen molar-refractivity contribution in [2.75, 3.05) is 5.32 Å². The van der Waals surface area contributed by atoms with E-state index in [2.05, 4.69) is 20.8 Å². The van der Waals surface area contributed by atoms with E-state index in [-0.39, 0.29) is 12.3 Å². The number of anilines is 1. The first-order valence-corrected chi connectivity index (χ1v) is 5.47. The SMILES string of the molecule is Cn1nnnc1CC(=O)Nc1ccc(C(N)=O)cc1. The predicted octanol–water partition coefficient (Wildman–Crippen LogP) is -0.510. The van der Waals surface area contributed by atoms with E-state index >= 15 is 0 Å². The molecule has 2 amide bonds. The summed E-state index contributed by atoms with van der Waals surface area (Å²) >= 11 is 0. The number of primary amides is 1. The first-order valence-electron chi connectivity index (χ1n) is 5.47. The molecular formula is C11H12N6O2. The van der Waals surface area contributed by atoms with Gasteiger partial charge in [0.15, 0.2) is 5.82 Å². The van der Waals surface area contributed by atoms with Gasteiger partial charge in [-0.25, -0.2) is 4.68 Å². The second kappa shape index (κ2) is 5.25. The zero-order chi connectivity index (χ0) is 13.8. The van der Waals surface area contributed by atoms with Crippen molar-refractivity contribution in [1.82, 2.24) is 20.2 Å². The van der Waals surface area contributed by atoms with Gasteiger partial charge in [-0.2, -0.15) is 0 Å². The molecule has 19 heavy (non-hydrogen) atoms. The minimum absolute atomic E-state index is 0.0705. The maximum absolute atomic E-state index is 11.7. The molecule has 0 spiro atoms. The van der Waals surface area contributed by atoms with E-state index < -0.39 is 5.91 Å². The molecule has 0 saturated heterocycles. The Kier molecular flexibility index (Phi) is 3.51. The van der Waals surface area contributed by atoms with E-state index in [1.807, 2.05) is 0 Å². The van der Waals surface area contributed by atoms with Crippen molar-refractivity contribution in [2.24, 2.45) is 12.8 Å². The number of nitrogens with zero attached hydrogens (tertiary/aromatic N) is 4. The predicted molar refractivity (Wildman–Crippen MR) is 66.1 cm³/mol. The van der Waals surface area contributed by atoms with Crippen molar-refractivity contribution in [2.45, 2.75) is 6.42 Å². The Balaban J connectivity index is 1.99. The minimum Gasteiger partial charge on any atom is -0.366 e. The molecule has 0 fully saturated rings. The average Bonchev–Trinajstić information content (AvgIpc) is 2.75. The smallest absolute Gasteiger partial charge is 0.248 e. The number of rotatable bonds is 4. The molecule has 0 aliphatic heterocycles. The van der Waals surface area contributed by atoms with Gasteiger partial charge in [-0.05, 0) is 34.7 Å². The number of amides is 2. The van der Waals surface area contributed by atoms with Crippen LogP contribution in [-0.4, -0.2) is 32.0 Å². The molecule has 3 N–H and O–H groups in total. The first kappa shape index (κ1) is 12.7. The molecular weight excluding hydrogens is 248 g/mol. The van der Waals surface area contributed by atoms with Gasteiger partial charge in [-0.15, -0.1) is 5.10 Å². The summed E-state index contributed by atoms with van der Waals surface area (Å²) in [5.41, 5.74) is 6.08. The number of carbonyl (C=O) groups is 2. The molecule has 1 heterocycles. The monoisotopic (exact) mass is 260 g/mol. The van der Waals surface area contributed by atoms with Crippen LogP contribution in [0.25, 0.3) is 0 Å². The number of benzene rings is 1. The van der Waals surface area contributed by atoms with E-state index in [0.717, 1.165) is 0 Å². The van der Waals surface area contributed by atoms with Crippen molar-refractivity contribution >= 4 is 17.5 Å². The Hall–Kier alpha value is -2.77. The summed E-state index contributed by atoms with van der Waals surface area (Å²) in [4.78, 5) is 22.6. The molecule has 1 aromatic carbocycles. The van der Waals surface area contributed by atoms with Gasteiger partial charge in [0.25, 0.3) is 0 Å². The molecule has 98 valence electrons. The number of aryl methyl sites for hydroxylation is 1. The molecule has 1 aromatic heterocycles. The quantitative estimate of drug-likeness (QED) is 0.768. The second-order valence-corrected chi connectivity index (χ2v) is 3.89. The fourth-order valence-electron chi connectivity index (χ4n) is 1.46.